The van der Waals surface area contributed by atoms with Crippen LogP contribution in [-0.4, -0.2) is 17.7 Å². The van der Waals surface area contributed by atoms with Crippen molar-refractivity contribution >= 4 is 17.6 Å². The van der Waals surface area contributed by atoms with Crippen LogP contribution in [0.15, 0.2) is 54.6 Å². The predicted octanol–water partition coefficient (Wildman–Crippen LogP) is 3.80. The lowest BCUT2D eigenvalue weighted by Crippen LogP contribution is -2.26. The van der Waals surface area contributed by atoms with Crippen molar-refractivity contribution in [3.8, 4) is 0 Å². The van der Waals surface area contributed by atoms with Crippen LogP contribution in [0.5, 0.6) is 0 Å². The zero-order valence-corrected chi connectivity index (χ0v) is 13.2. The minimum absolute atomic E-state index is 0.289. The summed E-state index contributed by atoms with van der Waals surface area (Å²) in [5, 5.41) is 11.2. The number of benzene rings is 2. The van der Waals surface area contributed by atoms with Gasteiger partial charge in [0, 0.05) is 5.02 Å². The highest BCUT2D eigenvalue weighted by Gasteiger charge is 2.29. The maximum Gasteiger partial charge on any atom is 0.312 e. The summed E-state index contributed by atoms with van der Waals surface area (Å²) in [5.74, 6) is -1.04. The summed E-state index contributed by atoms with van der Waals surface area (Å²) in [4.78, 5) is 12.2. The molecule has 0 aliphatic heterocycles. The lowest BCUT2D eigenvalue weighted by atomic mass is 9.90. The van der Waals surface area contributed by atoms with Crippen molar-refractivity contribution in [1.29, 1.82) is 0 Å². The van der Waals surface area contributed by atoms with Gasteiger partial charge in [0.2, 0.25) is 0 Å². The van der Waals surface area contributed by atoms with Gasteiger partial charge in [-0.2, -0.15) is 0 Å². The Morgan fingerprint density at radius 3 is 2.36 bits per heavy atom. The molecule has 4 heteroatoms. The Labute approximate surface area is 135 Å². The SMILES string of the molecule is CCOC(=O)[C@H](Cc1ccccc1)[C@H](O)c1ccc(Cl)cc1. The summed E-state index contributed by atoms with van der Waals surface area (Å²) in [5.41, 5.74) is 1.63. The molecule has 116 valence electrons. The smallest absolute Gasteiger partial charge is 0.312 e. The van der Waals surface area contributed by atoms with Crippen LogP contribution >= 0.6 is 11.6 Å². The summed E-state index contributed by atoms with van der Waals surface area (Å²) < 4.78 is 5.12. The summed E-state index contributed by atoms with van der Waals surface area (Å²) in [6.07, 6.45) is -0.514. The molecule has 0 aliphatic carbocycles. The number of hydrogen-bond acceptors (Lipinski definition) is 3. The number of aliphatic hydroxyl groups is 1. The summed E-state index contributed by atoms with van der Waals surface area (Å²) in [6, 6.07) is 16.4. The fourth-order valence-electron chi connectivity index (χ4n) is 2.33. The molecule has 0 aliphatic rings. The van der Waals surface area contributed by atoms with Gasteiger partial charge in [-0.3, -0.25) is 4.79 Å². The van der Waals surface area contributed by atoms with Gasteiger partial charge >= 0.3 is 5.97 Å². The van der Waals surface area contributed by atoms with Crippen LogP contribution < -0.4 is 0 Å². The molecule has 2 aromatic rings. The van der Waals surface area contributed by atoms with Gasteiger partial charge in [0.25, 0.3) is 0 Å². The van der Waals surface area contributed by atoms with E-state index in [0.29, 0.717) is 17.0 Å². The Kier molecular flexibility index (Phi) is 5.99. The van der Waals surface area contributed by atoms with Crippen LogP contribution in [0.4, 0.5) is 0 Å². The predicted molar refractivity (Wildman–Crippen MR) is 86.7 cm³/mol. The maximum absolute atomic E-state index is 12.2. The Hall–Kier alpha value is -1.84. The van der Waals surface area contributed by atoms with Crippen molar-refractivity contribution in [3.63, 3.8) is 0 Å². The van der Waals surface area contributed by atoms with Gasteiger partial charge in [-0.25, -0.2) is 0 Å². The summed E-state index contributed by atoms with van der Waals surface area (Å²) >= 11 is 5.86. The molecule has 1 N–H and O–H groups in total. The third-order valence-electron chi connectivity index (χ3n) is 3.48. The van der Waals surface area contributed by atoms with Gasteiger partial charge in [-0.15, -0.1) is 0 Å². The highest BCUT2D eigenvalue weighted by atomic mass is 35.5. The fourth-order valence-corrected chi connectivity index (χ4v) is 2.46. The molecule has 2 rings (SSSR count). The van der Waals surface area contributed by atoms with E-state index in [2.05, 4.69) is 0 Å². The molecule has 3 nitrogen and oxygen atoms in total. The van der Waals surface area contributed by atoms with Crippen molar-refractivity contribution < 1.29 is 14.6 Å². The lowest BCUT2D eigenvalue weighted by molar-refractivity contribution is -0.152. The minimum Gasteiger partial charge on any atom is -0.466 e. The molecule has 2 atom stereocenters. The zero-order valence-electron chi connectivity index (χ0n) is 12.4. The highest BCUT2D eigenvalue weighted by molar-refractivity contribution is 6.30. The third-order valence-corrected chi connectivity index (χ3v) is 3.73. The fraction of sp³-hybridized carbons (Fsp3) is 0.278. The molecule has 0 aromatic heterocycles. The Bertz CT molecular complexity index is 595. The summed E-state index contributed by atoms with van der Waals surface area (Å²) in [7, 11) is 0. The van der Waals surface area contributed by atoms with Crippen molar-refractivity contribution in [2.75, 3.05) is 6.61 Å². The minimum atomic E-state index is -0.934. The quantitative estimate of drug-likeness (QED) is 0.824. The maximum atomic E-state index is 12.2. The molecule has 0 unspecified atom stereocenters. The molecular weight excluding hydrogens is 300 g/mol. The lowest BCUT2D eigenvalue weighted by Gasteiger charge is -2.22. The number of halogens is 1. The number of hydrogen-bond donors (Lipinski definition) is 1. The van der Waals surface area contributed by atoms with Gasteiger partial charge in [-0.1, -0.05) is 54.1 Å². The molecule has 0 fully saturated rings. The number of esters is 1. The van der Waals surface area contributed by atoms with E-state index in [4.69, 9.17) is 16.3 Å². The van der Waals surface area contributed by atoms with E-state index in [-0.39, 0.29) is 6.61 Å². The Morgan fingerprint density at radius 1 is 1.14 bits per heavy atom. The molecule has 0 saturated heterocycles. The largest absolute Gasteiger partial charge is 0.466 e. The van der Waals surface area contributed by atoms with Crippen LogP contribution in [-0.2, 0) is 16.0 Å². The van der Waals surface area contributed by atoms with E-state index >= 15 is 0 Å². The average molecular weight is 319 g/mol. The molecule has 2 aromatic carbocycles. The van der Waals surface area contributed by atoms with E-state index in [1.807, 2.05) is 30.3 Å². The first-order valence-electron chi connectivity index (χ1n) is 7.26. The Balaban J connectivity index is 2.23. The molecule has 0 bridgehead atoms. The molecule has 0 heterocycles. The van der Waals surface area contributed by atoms with E-state index in [1.165, 1.54) is 0 Å². The molecule has 0 spiro atoms. The van der Waals surface area contributed by atoms with Crippen molar-refractivity contribution in [2.45, 2.75) is 19.4 Å². The van der Waals surface area contributed by atoms with Crippen LogP contribution in [0.2, 0.25) is 5.02 Å². The number of rotatable bonds is 6. The van der Waals surface area contributed by atoms with Gasteiger partial charge in [-0.05, 0) is 36.6 Å². The van der Waals surface area contributed by atoms with Gasteiger partial charge < -0.3 is 9.84 Å². The second kappa shape index (κ2) is 7.97. The monoisotopic (exact) mass is 318 g/mol. The molecule has 0 radical (unpaired) electrons. The topological polar surface area (TPSA) is 46.5 Å². The average Bonchev–Trinajstić information content (AvgIpc) is 2.54. The number of aliphatic hydroxyl groups excluding tert-OH is 1. The second-order valence-electron chi connectivity index (χ2n) is 5.04. The third kappa shape index (κ3) is 4.33. The van der Waals surface area contributed by atoms with E-state index in [9.17, 15) is 9.90 Å². The van der Waals surface area contributed by atoms with Gasteiger partial charge in [0.1, 0.15) is 0 Å². The van der Waals surface area contributed by atoms with Crippen LogP contribution in [0.25, 0.3) is 0 Å². The molecular formula is C18H19ClO3. The molecule has 0 amide bonds. The van der Waals surface area contributed by atoms with E-state index < -0.39 is 18.0 Å². The molecule has 22 heavy (non-hydrogen) atoms. The first-order valence-corrected chi connectivity index (χ1v) is 7.63. The van der Waals surface area contributed by atoms with Crippen molar-refractivity contribution in [2.24, 2.45) is 5.92 Å². The van der Waals surface area contributed by atoms with Crippen LogP contribution in [0.1, 0.15) is 24.2 Å². The number of carbonyl (C=O) groups is 1. The first kappa shape index (κ1) is 16.5. The van der Waals surface area contributed by atoms with Crippen LogP contribution in [0, 0.1) is 5.92 Å². The van der Waals surface area contributed by atoms with E-state index in [1.54, 1.807) is 31.2 Å². The number of carbonyl (C=O) groups excluding carboxylic acids is 1. The zero-order chi connectivity index (χ0) is 15.9. The summed E-state index contributed by atoms with van der Waals surface area (Å²) in [6.45, 7) is 2.05. The Morgan fingerprint density at radius 2 is 1.77 bits per heavy atom. The van der Waals surface area contributed by atoms with Gasteiger partial charge in [0.05, 0.1) is 18.6 Å². The normalized spacial score (nSPS) is 13.4. The highest BCUT2D eigenvalue weighted by Crippen LogP contribution is 2.27. The standard InChI is InChI=1S/C18H19ClO3/c1-2-22-18(21)16(12-13-6-4-3-5-7-13)17(20)14-8-10-15(19)11-9-14/h3-11,16-17,20H,2,12H2,1H3/t16-,17-/m1/s1. The van der Waals surface area contributed by atoms with Crippen LogP contribution in [0.3, 0.4) is 0 Å². The first-order chi connectivity index (χ1) is 10.6. The number of ether oxygens (including phenoxy) is 1. The molecule has 0 saturated carbocycles. The second-order valence-corrected chi connectivity index (χ2v) is 5.48. The van der Waals surface area contributed by atoms with Gasteiger partial charge in [0.15, 0.2) is 0 Å². The van der Waals surface area contributed by atoms with E-state index in [0.717, 1.165) is 5.56 Å². The van der Waals surface area contributed by atoms with Crippen molar-refractivity contribution in [1.82, 2.24) is 0 Å². The van der Waals surface area contributed by atoms with Crippen molar-refractivity contribution in [3.05, 3.63) is 70.7 Å².